The number of aromatic nitrogens is 2. The molecule has 0 amide bonds. The van der Waals surface area contributed by atoms with Crippen LogP contribution in [0.5, 0.6) is 5.75 Å². The van der Waals surface area contributed by atoms with Crippen LogP contribution in [0.15, 0.2) is 48.7 Å². The molecule has 0 aliphatic carbocycles. The van der Waals surface area contributed by atoms with E-state index in [9.17, 15) is 0 Å². The van der Waals surface area contributed by atoms with Crippen LogP contribution in [0.1, 0.15) is 17.3 Å². The van der Waals surface area contributed by atoms with Crippen molar-refractivity contribution in [2.45, 2.75) is 6.04 Å². The van der Waals surface area contributed by atoms with Gasteiger partial charge in [0.05, 0.1) is 36.1 Å². The van der Waals surface area contributed by atoms with Crippen LogP contribution in [0.25, 0.3) is 11.0 Å². The Hall–Kier alpha value is -2.17. The highest BCUT2D eigenvalue weighted by atomic mass is 35.5. The van der Waals surface area contributed by atoms with E-state index in [1.807, 2.05) is 24.3 Å². The first-order valence-corrected chi connectivity index (χ1v) is 6.87. The highest BCUT2D eigenvalue weighted by Crippen LogP contribution is 2.30. The third-order valence-corrected chi connectivity index (χ3v) is 3.55. The number of methoxy groups -OCH3 is 1. The number of nitrogens with zero attached hydrogens (tertiary/aromatic N) is 2. The van der Waals surface area contributed by atoms with Crippen molar-refractivity contribution in [3.05, 3.63) is 64.9 Å². The topological polar surface area (TPSA) is 61.0 Å². The Morgan fingerprint density at radius 2 is 1.90 bits per heavy atom. The van der Waals surface area contributed by atoms with Crippen molar-refractivity contribution in [3.8, 4) is 5.75 Å². The lowest BCUT2D eigenvalue weighted by Crippen LogP contribution is -2.15. The van der Waals surface area contributed by atoms with E-state index in [1.165, 1.54) is 0 Å². The van der Waals surface area contributed by atoms with Gasteiger partial charge < -0.3 is 10.5 Å². The lowest BCUT2D eigenvalue weighted by molar-refractivity contribution is 0.407. The molecular weight excluding hydrogens is 286 g/mol. The van der Waals surface area contributed by atoms with Crippen LogP contribution in [-0.4, -0.2) is 17.1 Å². The van der Waals surface area contributed by atoms with Crippen molar-refractivity contribution in [3.63, 3.8) is 0 Å². The molecule has 1 atom stereocenters. The van der Waals surface area contributed by atoms with Crippen molar-refractivity contribution >= 4 is 22.6 Å². The summed E-state index contributed by atoms with van der Waals surface area (Å²) in [5.41, 5.74) is 9.42. The van der Waals surface area contributed by atoms with Crippen molar-refractivity contribution < 1.29 is 4.74 Å². The van der Waals surface area contributed by atoms with E-state index in [2.05, 4.69) is 9.97 Å². The van der Waals surface area contributed by atoms with Crippen LogP contribution in [0, 0.1) is 0 Å². The van der Waals surface area contributed by atoms with Crippen LogP contribution < -0.4 is 10.5 Å². The summed E-state index contributed by atoms with van der Waals surface area (Å²) in [5.74, 6) is 0.682. The first-order chi connectivity index (χ1) is 10.2. The second-order valence-corrected chi connectivity index (χ2v) is 5.08. The number of benzene rings is 2. The molecule has 1 unspecified atom stereocenters. The number of ether oxygens (including phenoxy) is 1. The van der Waals surface area contributed by atoms with Gasteiger partial charge in [-0.3, -0.25) is 4.98 Å². The fourth-order valence-corrected chi connectivity index (χ4v) is 2.41. The van der Waals surface area contributed by atoms with Crippen molar-refractivity contribution in [2.24, 2.45) is 5.73 Å². The van der Waals surface area contributed by atoms with Gasteiger partial charge in [-0.2, -0.15) is 0 Å². The van der Waals surface area contributed by atoms with E-state index < -0.39 is 6.04 Å². The molecule has 5 heteroatoms. The summed E-state index contributed by atoms with van der Waals surface area (Å²) in [4.78, 5) is 8.96. The van der Waals surface area contributed by atoms with Crippen molar-refractivity contribution in [1.29, 1.82) is 0 Å². The van der Waals surface area contributed by atoms with E-state index in [0.717, 1.165) is 16.6 Å². The zero-order chi connectivity index (χ0) is 14.8. The minimum absolute atomic E-state index is 0.448. The minimum atomic E-state index is -0.448. The molecule has 3 rings (SSSR count). The number of para-hydroxylation sites is 2. The average molecular weight is 300 g/mol. The van der Waals surface area contributed by atoms with Crippen LogP contribution in [0.4, 0.5) is 0 Å². The van der Waals surface area contributed by atoms with Gasteiger partial charge in [0.1, 0.15) is 5.75 Å². The zero-order valence-corrected chi connectivity index (χ0v) is 12.2. The predicted octanol–water partition coefficient (Wildman–Crippen LogP) is 3.34. The summed E-state index contributed by atoms with van der Waals surface area (Å²) >= 11 is 6.05. The summed E-state index contributed by atoms with van der Waals surface area (Å²) < 4.78 is 5.34. The predicted molar refractivity (Wildman–Crippen MR) is 83.6 cm³/mol. The number of hydrogen-bond donors (Lipinski definition) is 1. The second-order valence-electron chi connectivity index (χ2n) is 4.65. The number of halogens is 1. The van der Waals surface area contributed by atoms with Crippen molar-refractivity contribution in [2.75, 3.05) is 7.11 Å². The fraction of sp³-hybridized carbons (Fsp3) is 0.125. The molecule has 0 aliphatic heterocycles. The van der Waals surface area contributed by atoms with Gasteiger partial charge in [-0.05, 0) is 30.3 Å². The van der Waals surface area contributed by atoms with Gasteiger partial charge in [0.25, 0.3) is 0 Å². The van der Waals surface area contributed by atoms with Gasteiger partial charge in [-0.15, -0.1) is 0 Å². The van der Waals surface area contributed by atoms with Gasteiger partial charge in [-0.25, -0.2) is 4.98 Å². The van der Waals surface area contributed by atoms with Gasteiger partial charge in [0.15, 0.2) is 0 Å². The number of nitrogens with two attached hydrogens (primary N) is 1. The monoisotopic (exact) mass is 299 g/mol. The molecule has 4 nitrogen and oxygen atoms in total. The molecule has 106 valence electrons. The van der Waals surface area contributed by atoms with Crippen LogP contribution in [-0.2, 0) is 0 Å². The maximum atomic E-state index is 6.31. The molecule has 2 aromatic carbocycles. The maximum Gasteiger partial charge on any atom is 0.124 e. The third kappa shape index (κ3) is 2.68. The SMILES string of the molecule is COc1ccc(Cl)cc1C(N)c1cnc2ccccc2n1. The van der Waals surface area contributed by atoms with Crippen LogP contribution in [0.3, 0.4) is 0 Å². The number of hydrogen-bond acceptors (Lipinski definition) is 4. The van der Waals surface area contributed by atoms with Crippen LogP contribution in [0.2, 0.25) is 5.02 Å². The van der Waals surface area contributed by atoms with Gasteiger partial charge in [-0.1, -0.05) is 23.7 Å². The molecule has 3 aromatic rings. The summed E-state index contributed by atoms with van der Waals surface area (Å²) in [6, 6.07) is 12.6. The summed E-state index contributed by atoms with van der Waals surface area (Å²) in [5, 5.41) is 0.606. The Kier molecular flexibility index (Phi) is 3.73. The Morgan fingerprint density at radius 3 is 2.67 bits per heavy atom. The Bertz CT molecular complexity index is 791. The first kappa shape index (κ1) is 13.8. The van der Waals surface area contributed by atoms with Crippen molar-refractivity contribution in [1.82, 2.24) is 9.97 Å². The van der Waals surface area contributed by atoms with E-state index in [4.69, 9.17) is 22.1 Å². The molecule has 21 heavy (non-hydrogen) atoms. The molecule has 0 bridgehead atoms. The standard InChI is InChI=1S/C16H14ClN3O/c1-21-15-7-6-10(17)8-11(15)16(18)14-9-19-12-4-2-3-5-13(12)20-14/h2-9,16H,18H2,1H3. The minimum Gasteiger partial charge on any atom is -0.496 e. The van der Waals surface area contributed by atoms with Gasteiger partial charge in [0, 0.05) is 10.6 Å². The maximum absolute atomic E-state index is 6.31. The lowest BCUT2D eigenvalue weighted by Gasteiger charge is -2.15. The molecule has 2 N–H and O–H groups in total. The molecule has 0 saturated heterocycles. The molecule has 0 radical (unpaired) electrons. The van der Waals surface area contributed by atoms with Gasteiger partial charge >= 0.3 is 0 Å². The molecule has 1 heterocycles. The zero-order valence-electron chi connectivity index (χ0n) is 11.5. The normalized spacial score (nSPS) is 12.3. The summed E-state index contributed by atoms with van der Waals surface area (Å²) in [6.45, 7) is 0. The fourth-order valence-electron chi connectivity index (χ4n) is 2.23. The Balaban J connectivity index is 2.07. The quantitative estimate of drug-likeness (QED) is 0.806. The van der Waals surface area contributed by atoms with E-state index >= 15 is 0 Å². The number of rotatable bonds is 3. The summed E-state index contributed by atoms with van der Waals surface area (Å²) in [7, 11) is 1.60. The third-order valence-electron chi connectivity index (χ3n) is 3.31. The van der Waals surface area contributed by atoms with E-state index in [1.54, 1.807) is 31.5 Å². The van der Waals surface area contributed by atoms with Crippen LogP contribution >= 0.6 is 11.6 Å². The van der Waals surface area contributed by atoms with E-state index in [-0.39, 0.29) is 0 Å². The molecular formula is C16H14ClN3O. The largest absolute Gasteiger partial charge is 0.496 e. The van der Waals surface area contributed by atoms with Gasteiger partial charge in [0.2, 0.25) is 0 Å². The highest BCUT2D eigenvalue weighted by molar-refractivity contribution is 6.30. The van der Waals surface area contributed by atoms with E-state index in [0.29, 0.717) is 16.5 Å². The second kappa shape index (κ2) is 5.68. The molecule has 0 aliphatic rings. The first-order valence-electron chi connectivity index (χ1n) is 6.50. The molecule has 0 saturated carbocycles. The number of fused-ring (bicyclic) bond motifs is 1. The molecule has 1 aromatic heterocycles. The highest BCUT2D eigenvalue weighted by Gasteiger charge is 2.16. The average Bonchev–Trinajstić information content (AvgIpc) is 2.53. The lowest BCUT2D eigenvalue weighted by atomic mass is 10.0. The Labute approximate surface area is 127 Å². The Morgan fingerprint density at radius 1 is 1.14 bits per heavy atom. The molecule has 0 spiro atoms. The molecule has 0 fully saturated rings. The smallest absolute Gasteiger partial charge is 0.124 e. The summed E-state index contributed by atoms with van der Waals surface area (Å²) in [6.07, 6.45) is 1.69.